The van der Waals surface area contributed by atoms with E-state index in [0.717, 1.165) is 11.1 Å². The number of hydrogen-bond donors (Lipinski definition) is 1. The minimum absolute atomic E-state index is 0.0910. The summed E-state index contributed by atoms with van der Waals surface area (Å²) in [5.74, 6) is -0.738. The summed E-state index contributed by atoms with van der Waals surface area (Å²) in [5, 5.41) is 0. The van der Waals surface area contributed by atoms with Crippen LogP contribution in [-0.4, -0.2) is 37.0 Å². The highest BCUT2D eigenvalue weighted by molar-refractivity contribution is 5.86. The molecule has 0 aliphatic carbocycles. The van der Waals surface area contributed by atoms with Crippen LogP contribution in [0.1, 0.15) is 24.1 Å². The SMILES string of the molecule is CCOC(=O)CN(C)C(=O)C(N)c1ccccc1C. The molecule has 19 heavy (non-hydrogen) atoms. The van der Waals surface area contributed by atoms with Crippen LogP contribution in [-0.2, 0) is 14.3 Å². The summed E-state index contributed by atoms with van der Waals surface area (Å²) in [6.45, 7) is 3.82. The first-order chi connectivity index (χ1) is 8.97. The van der Waals surface area contributed by atoms with Crippen LogP contribution in [0.5, 0.6) is 0 Å². The van der Waals surface area contributed by atoms with Crippen molar-refractivity contribution >= 4 is 11.9 Å². The molecule has 104 valence electrons. The zero-order valence-corrected chi connectivity index (χ0v) is 11.6. The first kappa shape index (κ1) is 15.2. The number of likely N-dealkylation sites (N-methyl/N-ethyl adjacent to an activating group) is 1. The molecule has 0 saturated heterocycles. The number of ether oxygens (including phenoxy) is 1. The Bertz CT molecular complexity index is 460. The first-order valence-electron chi connectivity index (χ1n) is 6.19. The smallest absolute Gasteiger partial charge is 0.325 e. The molecular weight excluding hydrogens is 244 g/mol. The van der Waals surface area contributed by atoms with Gasteiger partial charge in [0, 0.05) is 7.05 Å². The number of esters is 1. The topological polar surface area (TPSA) is 72.6 Å². The highest BCUT2D eigenvalue weighted by atomic mass is 16.5. The maximum Gasteiger partial charge on any atom is 0.325 e. The molecule has 1 amide bonds. The summed E-state index contributed by atoms with van der Waals surface area (Å²) in [5.41, 5.74) is 7.67. The zero-order valence-electron chi connectivity index (χ0n) is 11.6. The molecule has 0 fully saturated rings. The molecule has 1 aromatic rings. The first-order valence-corrected chi connectivity index (χ1v) is 6.19. The molecule has 0 heterocycles. The van der Waals surface area contributed by atoms with Crippen molar-refractivity contribution < 1.29 is 14.3 Å². The lowest BCUT2D eigenvalue weighted by Crippen LogP contribution is -2.39. The van der Waals surface area contributed by atoms with Gasteiger partial charge in [0.1, 0.15) is 12.6 Å². The quantitative estimate of drug-likeness (QED) is 0.806. The molecule has 1 atom stereocenters. The van der Waals surface area contributed by atoms with Crippen molar-refractivity contribution in [3.8, 4) is 0 Å². The van der Waals surface area contributed by atoms with E-state index in [1.54, 1.807) is 6.92 Å². The van der Waals surface area contributed by atoms with Crippen LogP contribution in [0.3, 0.4) is 0 Å². The molecule has 1 aromatic carbocycles. The third-order valence-corrected chi connectivity index (χ3v) is 2.84. The number of rotatable bonds is 5. The van der Waals surface area contributed by atoms with Gasteiger partial charge in [0.25, 0.3) is 0 Å². The highest BCUT2D eigenvalue weighted by Gasteiger charge is 2.22. The number of carbonyl (C=O) groups excluding carboxylic acids is 2. The number of nitrogens with two attached hydrogens (primary N) is 1. The molecule has 0 spiro atoms. The second-order valence-electron chi connectivity index (χ2n) is 4.33. The third-order valence-electron chi connectivity index (χ3n) is 2.84. The summed E-state index contributed by atoms with van der Waals surface area (Å²) in [6.07, 6.45) is 0. The lowest BCUT2D eigenvalue weighted by Gasteiger charge is -2.21. The van der Waals surface area contributed by atoms with Crippen molar-refractivity contribution in [2.75, 3.05) is 20.2 Å². The predicted molar refractivity (Wildman–Crippen MR) is 72.4 cm³/mol. The molecule has 0 aliphatic rings. The van der Waals surface area contributed by atoms with Crippen LogP contribution in [0.15, 0.2) is 24.3 Å². The Morgan fingerprint density at radius 3 is 2.58 bits per heavy atom. The molecule has 1 unspecified atom stereocenters. The summed E-state index contributed by atoms with van der Waals surface area (Å²) in [6, 6.07) is 6.67. The van der Waals surface area contributed by atoms with Crippen molar-refractivity contribution in [2.45, 2.75) is 19.9 Å². The Labute approximate surface area is 113 Å². The van der Waals surface area contributed by atoms with Gasteiger partial charge in [0.2, 0.25) is 5.91 Å². The van der Waals surface area contributed by atoms with Crippen LogP contribution < -0.4 is 5.73 Å². The van der Waals surface area contributed by atoms with Gasteiger partial charge in [-0.15, -0.1) is 0 Å². The average Bonchev–Trinajstić information content (AvgIpc) is 2.37. The summed E-state index contributed by atoms with van der Waals surface area (Å²) >= 11 is 0. The number of hydrogen-bond acceptors (Lipinski definition) is 4. The molecule has 0 aliphatic heterocycles. The Morgan fingerprint density at radius 1 is 1.37 bits per heavy atom. The molecule has 5 heteroatoms. The molecule has 0 saturated carbocycles. The van der Waals surface area contributed by atoms with Gasteiger partial charge in [-0.25, -0.2) is 0 Å². The molecule has 5 nitrogen and oxygen atoms in total. The van der Waals surface area contributed by atoms with Gasteiger partial charge in [-0.3, -0.25) is 9.59 Å². The van der Waals surface area contributed by atoms with E-state index in [-0.39, 0.29) is 12.5 Å². The number of aryl methyl sites for hydroxylation is 1. The van der Waals surface area contributed by atoms with Gasteiger partial charge in [0.05, 0.1) is 6.61 Å². The minimum atomic E-state index is -0.763. The van der Waals surface area contributed by atoms with Gasteiger partial charge in [-0.1, -0.05) is 24.3 Å². The maximum absolute atomic E-state index is 12.1. The van der Waals surface area contributed by atoms with Gasteiger partial charge >= 0.3 is 5.97 Å². The number of amides is 1. The largest absolute Gasteiger partial charge is 0.465 e. The monoisotopic (exact) mass is 264 g/mol. The van der Waals surface area contributed by atoms with Crippen LogP contribution in [0.4, 0.5) is 0 Å². The zero-order chi connectivity index (χ0) is 14.4. The minimum Gasteiger partial charge on any atom is -0.465 e. The van der Waals surface area contributed by atoms with E-state index in [1.807, 2.05) is 31.2 Å². The van der Waals surface area contributed by atoms with Crippen LogP contribution in [0.2, 0.25) is 0 Å². The number of benzene rings is 1. The fourth-order valence-corrected chi connectivity index (χ4v) is 1.78. The standard InChI is InChI=1S/C14H20N2O3/c1-4-19-12(17)9-16(3)14(18)13(15)11-8-6-5-7-10(11)2/h5-8,13H,4,9,15H2,1-3H3. The molecule has 1 rings (SSSR count). The van der Waals surface area contributed by atoms with Crippen molar-refractivity contribution in [3.05, 3.63) is 35.4 Å². The molecule has 2 N–H and O–H groups in total. The third kappa shape index (κ3) is 4.06. The molecular formula is C14H20N2O3. The van der Waals surface area contributed by atoms with Crippen LogP contribution >= 0.6 is 0 Å². The lowest BCUT2D eigenvalue weighted by atomic mass is 10.0. The fraction of sp³-hybridized carbons (Fsp3) is 0.429. The number of nitrogens with zero attached hydrogens (tertiary/aromatic N) is 1. The molecule has 0 radical (unpaired) electrons. The van der Waals surface area contributed by atoms with Crippen molar-refractivity contribution in [3.63, 3.8) is 0 Å². The summed E-state index contributed by atoms with van der Waals surface area (Å²) in [4.78, 5) is 24.7. The average molecular weight is 264 g/mol. The van der Waals surface area contributed by atoms with Crippen LogP contribution in [0.25, 0.3) is 0 Å². The van der Waals surface area contributed by atoms with E-state index in [2.05, 4.69) is 0 Å². The second kappa shape index (κ2) is 6.89. The Balaban J connectivity index is 2.72. The Hall–Kier alpha value is -1.88. The van der Waals surface area contributed by atoms with E-state index in [0.29, 0.717) is 6.61 Å². The van der Waals surface area contributed by atoms with Gasteiger partial charge < -0.3 is 15.4 Å². The normalized spacial score (nSPS) is 11.8. The van der Waals surface area contributed by atoms with E-state index >= 15 is 0 Å². The lowest BCUT2D eigenvalue weighted by molar-refractivity contribution is -0.148. The Kier molecular flexibility index (Phi) is 5.51. The van der Waals surface area contributed by atoms with Crippen LogP contribution in [0, 0.1) is 6.92 Å². The van der Waals surface area contributed by atoms with Crippen molar-refractivity contribution in [2.24, 2.45) is 5.73 Å². The maximum atomic E-state index is 12.1. The highest BCUT2D eigenvalue weighted by Crippen LogP contribution is 2.16. The number of carbonyl (C=O) groups is 2. The van der Waals surface area contributed by atoms with E-state index in [4.69, 9.17) is 10.5 Å². The second-order valence-corrected chi connectivity index (χ2v) is 4.33. The van der Waals surface area contributed by atoms with Crippen molar-refractivity contribution in [1.29, 1.82) is 0 Å². The summed E-state index contributed by atoms with van der Waals surface area (Å²) < 4.78 is 4.80. The molecule has 0 aromatic heterocycles. The van der Waals surface area contributed by atoms with Crippen molar-refractivity contribution in [1.82, 2.24) is 4.90 Å². The van der Waals surface area contributed by atoms with E-state index in [9.17, 15) is 9.59 Å². The van der Waals surface area contributed by atoms with Gasteiger partial charge in [-0.05, 0) is 25.0 Å². The predicted octanol–water partition coefficient (Wildman–Crippen LogP) is 1.02. The Morgan fingerprint density at radius 2 is 2.00 bits per heavy atom. The van der Waals surface area contributed by atoms with E-state index < -0.39 is 12.0 Å². The van der Waals surface area contributed by atoms with E-state index in [1.165, 1.54) is 11.9 Å². The van der Waals surface area contributed by atoms with Gasteiger partial charge in [-0.2, -0.15) is 0 Å². The van der Waals surface area contributed by atoms with Gasteiger partial charge in [0.15, 0.2) is 0 Å². The fourth-order valence-electron chi connectivity index (χ4n) is 1.78. The summed E-state index contributed by atoms with van der Waals surface area (Å²) in [7, 11) is 1.54. The molecule has 0 bridgehead atoms.